The van der Waals surface area contributed by atoms with Crippen molar-refractivity contribution in [3.8, 4) is 5.75 Å². The van der Waals surface area contributed by atoms with Gasteiger partial charge in [-0.2, -0.15) is 0 Å². The molecule has 0 aromatic heterocycles. The maximum absolute atomic E-state index is 12.5. The molecule has 1 aliphatic heterocycles. The van der Waals surface area contributed by atoms with Crippen LogP contribution in [0, 0.1) is 0 Å². The molecule has 0 aliphatic carbocycles. The van der Waals surface area contributed by atoms with E-state index in [4.69, 9.17) is 21.1 Å². The second-order valence-corrected chi connectivity index (χ2v) is 6.54. The molecular weight excluding hydrogens is 352 g/mol. The number of nitrogens with one attached hydrogen (secondary N) is 1. The molecule has 0 unspecified atom stereocenters. The summed E-state index contributed by atoms with van der Waals surface area (Å²) in [6.07, 6.45) is 0.00967. The summed E-state index contributed by atoms with van der Waals surface area (Å²) in [5.41, 5.74) is 1.89. The molecule has 0 saturated carbocycles. The van der Waals surface area contributed by atoms with E-state index in [0.717, 1.165) is 37.7 Å². The number of carbonyl (C=O) groups excluding carboxylic acids is 1. The van der Waals surface area contributed by atoms with Crippen LogP contribution in [0.2, 0.25) is 5.02 Å². The van der Waals surface area contributed by atoms with Gasteiger partial charge in [0.25, 0.3) is 5.91 Å². The van der Waals surface area contributed by atoms with Gasteiger partial charge in [0.15, 0.2) is 6.10 Å². The summed E-state index contributed by atoms with van der Waals surface area (Å²) < 4.78 is 11.2. The van der Waals surface area contributed by atoms with E-state index < -0.39 is 6.10 Å². The van der Waals surface area contributed by atoms with Gasteiger partial charge in [-0.25, -0.2) is 0 Å². The van der Waals surface area contributed by atoms with Gasteiger partial charge >= 0.3 is 0 Å². The fourth-order valence-corrected chi connectivity index (χ4v) is 2.93. The van der Waals surface area contributed by atoms with Crippen LogP contribution in [-0.4, -0.2) is 38.3 Å². The molecule has 6 heteroatoms. The second-order valence-electron chi connectivity index (χ2n) is 6.10. The van der Waals surface area contributed by atoms with Crippen molar-refractivity contribution in [3.05, 3.63) is 53.6 Å². The number of halogens is 1. The molecule has 0 radical (unpaired) electrons. The number of morpholine rings is 1. The molecule has 26 heavy (non-hydrogen) atoms. The molecule has 3 rings (SSSR count). The van der Waals surface area contributed by atoms with Crippen LogP contribution >= 0.6 is 11.6 Å². The van der Waals surface area contributed by atoms with Crippen molar-refractivity contribution >= 4 is 28.9 Å². The maximum Gasteiger partial charge on any atom is 0.265 e. The fourth-order valence-electron chi connectivity index (χ4n) is 2.80. The molecule has 5 nitrogen and oxygen atoms in total. The van der Waals surface area contributed by atoms with Crippen LogP contribution in [0.4, 0.5) is 11.4 Å². The number of nitrogens with zero attached hydrogens (tertiary/aromatic N) is 1. The molecule has 1 aliphatic rings. The molecule has 138 valence electrons. The van der Waals surface area contributed by atoms with Crippen molar-refractivity contribution < 1.29 is 14.3 Å². The molecular formula is C20H23ClN2O3. The average Bonchev–Trinajstić information content (AvgIpc) is 2.68. The highest BCUT2D eigenvalue weighted by Gasteiger charge is 2.19. The van der Waals surface area contributed by atoms with Crippen LogP contribution in [0.3, 0.4) is 0 Å². The van der Waals surface area contributed by atoms with E-state index in [1.54, 1.807) is 24.3 Å². The summed E-state index contributed by atoms with van der Waals surface area (Å²) in [6, 6.07) is 14.9. The first-order chi connectivity index (χ1) is 12.7. The number of hydrogen-bond acceptors (Lipinski definition) is 4. The minimum atomic E-state index is -0.560. The van der Waals surface area contributed by atoms with E-state index in [2.05, 4.69) is 10.2 Å². The first-order valence-corrected chi connectivity index (χ1v) is 9.19. The van der Waals surface area contributed by atoms with E-state index in [1.165, 1.54) is 0 Å². The summed E-state index contributed by atoms with van der Waals surface area (Å²) in [4.78, 5) is 14.8. The number of anilines is 2. The molecule has 1 atom stereocenters. The third-order valence-corrected chi connectivity index (χ3v) is 4.52. The third kappa shape index (κ3) is 4.90. The first-order valence-electron chi connectivity index (χ1n) is 8.81. The Hall–Kier alpha value is -2.24. The lowest BCUT2D eigenvalue weighted by molar-refractivity contribution is -0.122. The Kier molecular flexibility index (Phi) is 6.36. The summed E-state index contributed by atoms with van der Waals surface area (Å²) in [7, 11) is 0. The summed E-state index contributed by atoms with van der Waals surface area (Å²) in [6.45, 7) is 5.19. The molecule has 0 spiro atoms. The number of ether oxygens (including phenoxy) is 2. The van der Waals surface area contributed by atoms with Gasteiger partial charge in [-0.05, 0) is 55.0 Å². The smallest absolute Gasteiger partial charge is 0.265 e. The van der Waals surface area contributed by atoms with Crippen molar-refractivity contribution in [1.29, 1.82) is 0 Å². The number of amides is 1. The van der Waals surface area contributed by atoms with Gasteiger partial charge in [0.1, 0.15) is 5.75 Å². The Bertz CT molecular complexity index is 713. The molecule has 1 amide bonds. The van der Waals surface area contributed by atoms with Crippen molar-refractivity contribution in [2.45, 2.75) is 19.4 Å². The Balaban J connectivity index is 1.59. The molecule has 2 aromatic rings. The number of carbonyl (C=O) groups is 1. The lowest BCUT2D eigenvalue weighted by Gasteiger charge is -2.29. The van der Waals surface area contributed by atoms with Crippen molar-refractivity contribution in [1.82, 2.24) is 0 Å². The topological polar surface area (TPSA) is 50.8 Å². The largest absolute Gasteiger partial charge is 0.481 e. The number of benzene rings is 2. The van der Waals surface area contributed by atoms with Crippen molar-refractivity contribution in [2.24, 2.45) is 0 Å². The Morgan fingerprint density at radius 3 is 2.42 bits per heavy atom. The molecule has 1 heterocycles. The fraction of sp³-hybridized carbons (Fsp3) is 0.350. The lowest BCUT2D eigenvalue weighted by atomic mass is 10.2. The summed E-state index contributed by atoms with van der Waals surface area (Å²) in [5.74, 6) is 0.459. The average molecular weight is 375 g/mol. The Morgan fingerprint density at radius 2 is 1.81 bits per heavy atom. The zero-order valence-corrected chi connectivity index (χ0v) is 15.5. The highest BCUT2D eigenvalue weighted by molar-refractivity contribution is 6.30. The maximum atomic E-state index is 12.5. The minimum Gasteiger partial charge on any atom is -0.481 e. The van der Waals surface area contributed by atoms with Gasteiger partial charge in [-0.15, -0.1) is 0 Å². The van der Waals surface area contributed by atoms with E-state index in [0.29, 0.717) is 17.2 Å². The van der Waals surface area contributed by atoms with Crippen LogP contribution in [0.25, 0.3) is 0 Å². The molecule has 0 bridgehead atoms. The lowest BCUT2D eigenvalue weighted by Crippen LogP contribution is -2.36. The zero-order valence-electron chi connectivity index (χ0n) is 14.8. The van der Waals surface area contributed by atoms with Crippen LogP contribution in [0.1, 0.15) is 13.3 Å². The van der Waals surface area contributed by atoms with Crippen LogP contribution in [-0.2, 0) is 9.53 Å². The van der Waals surface area contributed by atoms with E-state index in [-0.39, 0.29) is 5.91 Å². The summed E-state index contributed by atoms with van der Waals surface area (Å²) in [5, 5.41) is 3.56. The van der Waals surface area contributed by atoms with Crippen LogP contribution in [0.5, 0.6) is 5.75 Å². The predicted octanol–water partition coefficient (Wildman–Crippen LogP) is 3.97. The van der Waals surface area contributed by atoms with Crippen LogP contribution < -0.4 is 15.0 Å². The van der Waals surface area contributed by atoms with Crippen molar-refractivity contribution in [3.63, 3.8) is 0 Å². The Morgan fingerprint density at radius 1 is 1.15 bits per heavy atom. The SMILES string of the molecule is CC[C@H](Oc1ccc(Cl)cc1)C(=O)Nc1ccc(N2CCOCC2)cc1. The zero-order chi connectivity index (χ0) is 18.4. The third-order valence-electron chi connectivity index (χ3n) is 4.27. The van der Waals surface area contributed by atoms with E-state index >= 15 is 0 Å². The van der Waals surface area contributed by atoms with Gasteiger partial charge in [-0.3, -0.25) is 4.79 Å². The van der Waals surface area contributed by atoms with E-state index in [1.807, 2.05) is 31.2 Å². The van der Waals surface area contributed by atoms with Crippen LogP contribution in [0.15, 0.2) is 48.5 Å². The first kappa shape index (κ1) is 18.5. The normalized spacial score (nSPS) is 15.4. The monoisotopic (exact) mass is 374 g/mol. The number of hydrogen-bond donors (Lipinski definition) is 1. The quantitative estimate of drug-likeness (QED) is 0.831. The standard InChI is InChI=1S/C20H23ClN2O3/c1-2-19(26-18-9-3-15(21)4-10-18)20(24)22-16-5-7-17(8-6-16)23-11-13-25-14-12-23/h3-10,19H,2,11-14H2,1H3,(H,22,24)/t19-/m0/s1. The molecule has 2 aromatic carbocycles. The molecule has 1 N–H and O–H groups in total. The van der Waals surface area contributed by atoms with Gasteiger partial charge in [0.05, 0.1) is 13.2 Å². The second kappa shape index (κ2) is 8.92. The summed E-state index contributed by atoms with van der Waals surface area (Å²) >= 11 is 5.88. The molecule has 1 fully saturated rings. The predicted molar refractivity (Wildman–Crippen MR) is 104 cm³/mol. The Labute approximate surface area is 158 Å². The van der Waals surface area contributed by atoms with E-state index in [9.17, 15) is 4.79 Å². The van der Waals surface area contributed by atoms with Crippen molar-refractivity contribution in [2.75, 3.05) is 36.5 Å². The number of rotatable bonds is 6. The highest BCUT2D eigenvalue weighted by Crippen LogP contribution is 2.21. The van der Waals surface area contributed by atoms with Gasteiger partial charge in [0, 0.05) is 29.5 Å². The van der Waals surface area contributed by atoms with Gasteiger partial charge in [0.2, 0.25) is 0 Å². The molecule has 1 saturated heterocycles. The minimum absolute atomic E-state index is 0.165. The van der Waals surface area contributed by atoms with Gasteiger partial charge in [-0.1, -0.05) is 18.5 Å². The highest BCUT2D eigenvalue weighted by atomic mass is 35.5. The van der Waals surface area contributed by atoms with Gasteiger partial charge < -0.3 is 19.7 Å².